The van der Waals surface area contributed by atoms with Gasteiger partial charge in [0.15, 0.2) is 23.2 Å². The van der Waals surface area contributed by atoms with E-state index >= 15 is 0 Å². The molecule has 5 rings (SSSR count). The fourth-order valence-corrected chi connectivity index (χ4v) is 4.55. The molecule has 2 fully saturated rings. The van der Waals surface area contributed by atoms with Gasteiger partial charge in [-0.2, -0.15) is 15.1 Å². The Hall–Kier alpha value is -3.39. The maximum Gasteiger partial charge on any atom is 0.330 e. The van der Waals surface area contributed by atoms with E-state index in [1.807, 2.05) is 0 Å². The second-order valence-electron chi connectivity index (χ2n) is 8.82. The molecule has 36 heavy (non-hydrogen) atoms. The van der Waals surface area contributed by atoms with Crippen LogP contribution in [0.1, 0.15) is 44.5 Å². The molecule has 2 aliphatic rings. The van der Waals surface area contributed by atoms with Crippen LogP contribution in [0.3, 0.4) is 0 Å². The van der Waals surface area contributed by atoms with Crippen LogP contribution in [0.15, 0.2) is 24.7 Å². The highest BCUT2D eigenvalue weighted by Crippen LogP contribution is 2.33. The number of nitrogens with one attached hydrogen (secondary N) is 1. The molecule has 1 saturated carbocycles. The lowest BCUT2D eigenvalue weighted by Gasteiger charge is -2.18. The first-order valence-corrected chi connectivity index (χ1v) is 12.0. The molecule has 0 aromatic carbocycles. The van der Waals surface area contributed by atoms with Crippen molar-refractivity contribution < 1.29 is 29.6 Å². The number of anilines is 1. The lowest BCUT2D eigenvalue weighted by molar-refractivity contribution is -0.137. The maximum atomic E-state index is 11.6. The Morgan fingerprint density at radius 2 is 2.08 bits per heavy atom. The van der Waals surface area contributed by atoms with Crippen molar-refractivity contribution in [2.75, 3.05) is 18.5 Å². The molecule has 4 atom stereocenters. The molecule has 3 aromatic rings. The van der Waals surface area contributed by atoms with E-state index in [0.29, 0.717) is 22.7 Å². The van der Waals surface area contributed by atoms with E-state index in [0.717, 1.165) is 25.7 Å². The van der Waals surface area contributed by atoms with Crippen LogP contribution in [0.5, 0.6) is 0 Å². The second kappa shape index (κ2) is 10.3. The Kier molecular flexibility index (Phi) is 6.96. The molecule has 192 valence electrons. The average molecular weight is 500 g/mol. The highest BCUT2D eigenvalue weighted by atomic mass is 16.6. The van der Waals surface area contributed by atoms with Gasteiger partial charge in [-0.1, -0.05) is 12.8 Å². The molecule has 4 heterocycles. The number of hydrogen-bond donors (Lipinski definition) is 4. The number of ether oxygens (including phenoxy) is 2. The number of aliphatic hydroxyl groups is 3. The van der Waals surface area contributed by atoms with Gasteiger partial charge < -0.3 is 30.1 Å². The third kappa shape index (κ3) is 4.69. The number of rotatable bonds is 8. The zero-order valence-corrected chi connectivity index (χ0v) is 19.8. The van der Waals surface area contributed by atoms with Crippen molar-refractivity contribution >= 4 is 29.0 Å². The fourth-order valence-electron chi connectivity index (χ4n) is 4.55. The number of imidazole rings is 1. The highest BCUT2D eigenvalue weighted by Gasteiger charge is 2.44. The Morgan fingerprint density at radius 1 is 1.28 bits per heavy atom. The van der Waals surface area contributed by atoms with E-state index in [9.17, 15) is 20.1 Å². The number of aliphatic hydroxyl groups excluding tert-OH is 3. The van der Waals surface area contributed by atoms with Crippen LogP contribution in [0, 0.1) is 0 Å². The van der Waals surface area contributed by atoms with Gasteiger partial charge in [0.25, 0.3) is 5.95 Å². The lowest BCUT2D eigenvalue weighted by atomic mass is 10.1. The number of carbonyl (C=O) groups is 1. The number of aromatic nitrogens is 6. The van der Waals surface area contributed by atoms with Crippen LogP contribution in [0.25, 0.3) is 23.2 Å². The lowest BCUT2D eigenvalue weighted by Crippen LogP contribution is -2.33. The van der Waals surface area contributed by atoms with Crippen LogP contribution < -0.4 is 5.32 Å². The number of nitrogens with zero attached hydrogens (tertiary/aromatic N) is 6. The molecule has 0 spiro atoms. The van der Waals surface area contributed by atoms with Crippen LogP contribution >= 0.6 is 0 Å². The van der Waals surface area contributed by atoms with Crippen molar-refractivity contribution in [1.82, 2.24) is 29.3 Å². The highest BCUT2D eigenvalue weighted by molar-refractivity contribution is 5.86. The normalized spacial score (nSPS) is 24.8. The first-order valence-electron chi connectivity index (χ1n) is 12.0. The third-order valence-corrected chi connectivity index (χ3v) is 6.39. The van der Waals surface area contributed by atoms with Gasteiger partial charge in [-0.05, 0) is 31.9 Å². The summed E-state index contributed by atoms with van der Waals surface area (Å²) in [5.41, 5.74) is 1.36. The minimum absolute atomic E-state index is 0.243. The number of esters is 1. The predicted molar refractivity (Wildman–Crippen MR) is 127 cm³/mol. The van der Waals surface area contributed by atoms with E-state index in [4.69, 9.17) is 9.47 Å². The summed E-state index contributed by atoms with van der Waals surface area (Å²) in [6, 6.07) is 1.95. The standard InChI is InChI=1S/C23H29N7O6/c1-2-35-16(32)8-7-14-9-10-30(28-14)23-26-20(25-13-5-3-4-6-13)17-21(27-23)29(12-24-17)22-19(34)18(33)15(11-31)36-22/h7-10,12-13,15,18-19,22,31,33-34H,2-6,11H2,1H3,(H,25,26,27)/b8-7-/t15-,18-,19-,22-/m1/s1. The van der Waals surface area contributed by atoms with Gasteiger partial charge in [0.05, 0.1) is 25.2 Å². The molecule has 1 saturated heterocycles. The molecule has 0 unspecified atom stereocenters. The van der Waals surface area contributed by atoms with Gasteiger partial charge >= 0.3 is 5.97 Å². The molecule has 13 heteroatoms. The van der Waals surface area contributed by atoms with Gasteiger partial charge in [-0.15, -0.1) is 0 Å². The largest absolute Gasteiger partial charge is 0.463 e. The smallest absolute Gasteiger partial charge is 0.330 e. The molecular weight excluding hydrogens is 470 g/mol. The molecule has 0 amide bonds. The number of hydrogen-bond acceptors (Lipinski definition) is 11. The molecular formula is C23H29N7O6. The topological polar surface area (TPSA) is 170 Å². The Balaban J connectivity index is 1.53. The van der Waals surface area contributed by atoms with Crippen LogP contribution in [0.2, 0.25) is 0 Å². The first-order chi connectivity index (χ1) is 17.5. The summed E-state index contributed by atoms with van der Waals surface area (Å²) in [5.74, 6) is 0.300. The minimum Gasteiger partial charge on any atom is -0.463 e. The zero-order valence-electron chi connectivity index (χ0n) is 19.8. The molecule has 3 aromatic heterocycles. The summed E-state index contributed by atoms with van der Waals surface area (Å²) in [5, 5.41) is 38.2. The maximum absolute atomic E-state index is 11.6. The van der Waals surface area contributed by atoms with E-state index in [1.165, 1.54) is 27.7 Å². The van der Waals surface area contributed by atoms with Crippen molar-refractivity contribution in [3.05, 3.63) is 30.4 Å². The molecule has 1 aliphatic carbocycles. The zero-order chi connectivity index (χ0) is 25.2. The summed E-state index contributed by atoms with van der Waals surface area (Å²) in [4.78, 5) is 25.4. The molecule has 4 N–H and O–H groups in total. The molecule has 1 aliphatic heterocycles. The summed E-state index contributed by atoms with van der Waals surface area (Å²) in [6.07, 6.45) is 5.79. The Labute approximate surface area is 206 Å². The number of fused-ring (bicyclic) bond motifs is 1. The summed E-state index contributed by atoms with van der Waals surface area (Å²) in [6.45, 7) is 1.58. The van der Waals surface area contributed by atoms with Crippen molar-refractivity contribution in [2.24, 2.45) is 0 Å². The molecule has 13 nitrogen and oxygen atoms in total. The molecule has 0 radical (unpaired) electrons. The van der Waals surface area contributed by atoms with Crippen molar-refractivity contribution in [3.8, 4) is 5.95 Å². The second-order valence-corrected chi connectivity index (χ2v) is 8.82. The van der Waals surface area contributed by atoms with Crippen LogP contribution in [0.4, 0.5) is 5.82 Å². The van der Waals surface area contributed by atoms with Gasteiger partial charge in [-0.3, -0.25) is 4.57 Å². The van der Waals surface area contributed by atoms with Crippen molar-refractivity contribution in [3.63, 3.8) is 0 Å². The third-order valence-electron chi connectivity index (χ3n) is 6.39. The SMILES string of the molecule is CCOC(=O)/C=C\c1ccn(-c2nc(NC3CCCC3)c3ncn([C@@H]4O[C@H](CO)[C@@H](O)[C@H]4O)c3n2)n1. The minimum atomic E-state index is -1.28. The van der Waals surface area contributed by atoms with E-state index in [-0.39, 0.29) is 18.6 Å². The van der Waals surface area contributed by atoms with E-state index in [2.05, 4.69) is 25.4 Å². The van der Waals surface area contributed by atoms with Crippen LogP contribution in [-0.4, -0.2) is 88.2 Å². The quantitative estimate of drug-likeness (QED) is 0.252. The summed E-state index contributed by atoms with van der Waals surface area (Å²) < 4.78 is 13.6. The van der Waals surface area contributed by atoms with Gasteiger partial charge in [-0.25, -0.2) is 14.5 Å². The summed E-state index contributed by atoms with van der Waals surface area (Å²) >= 11 is 0. The fraction of sp³-hybridized carbons (Fsp3) is 0.522. The van der Waals surface area contributed by atoms with Crippen molar-refractivity contribution in [1.29, 1.82) is 0 Å². The van der Waals surface area contributed by atoms with Crippen LogP contribution in [-0.2, 0) is 14.3 Å². The Morgan fingerprint density at radius 3 is 2.81 bits per heavy atom. The summed E-state index contributed by atoms with van der Waals surface area (Å²) in [7, 11) is 0. The monoisotopic (exact) mass is 499 g/mol. The van der Waals surface area contributed by atoms with Gasteiger partial charge in [0.2, 0.25) is 0 Å². The first kappa shape index (κ1) is 24.3. The molecule has 0 bridgehead atoms. The van der Waals surface area contributed by atoms with Crippen molar-refractivity contribution in [2.45, 2.75) is 63.2 Å². The number of carbonyl (C=O) groups excluding carboxylic acids is 1. The predicted octanol–water partition coefficient (Wildman–Crippen LogP) is 0.554. The van der Waals surface area contributed by atoms with Gasteiger partial charge in [0, 0.05) is 18.3 Å². The van der Waals surface area contributed by atoms with Gasteiger partial charge in [0.1, 0.15) is 18.3 Å². The Bertz CT molecular complexity index is 1250. The van der Waals surface area contributed by atoms with E-state index < -0.39 is 37.1 Å². The van der Waals surface area contributed by atoms with E-state index in [1.54, 1.807) is 19.2 Å². The average Bonchev–Trinajstić information content (AvgIpc) is 3.67.